The molecular weight excluding hydrogens is 212 g/mol. The first-order valence-electron chi connectivity index (χ1n) is 6.03. The summed E-state index contributed by atoms with van der Waals surface area (Å²) in [5, 5.41) is 9.90. The lowest BCUT2D eigenvalue weighted by atomic mass is 9.98. The van der Waals surface area contributed by atoms with Gasteiger partial charge in [-0.2, -0.15) is 0 Å². The number of benzene rings is 1. The molecule has 2 aromatic rings. The number of nitrogens with zero attached hydrogens (tertiary/aromatic N) is 1. The van der Waals surface area contributed by atoms with Gasteiger partial charge in [0.05, 0.1) is 5.52 Å². The lowest BCUT2D eigenvalue weighted by molar-refractivity contribution is 0.281. The van der Waals surface area contributed by atoms with Crippen LogP contribution < -0.4 is 5.73 Å². The van der Waals surface area contributed by atoms with E-state index in [1.807, 2.05) is 30.5 Å². The number of aliphatic hydroxyl groups excluding tert-OH is 1. The smallest absolute Gasteiger partial charge is 0.0705 e. The Morgan fingerprint density at radius 3 is 2.82 bits per heavy atom. The number of hydrogen-bond acceptors (Lipinski definition) is 3. The van der Waals surface area contributed by atoms with Crippen LogP contribution in [0.4, 0.5) is 0 Å². The first-order valence-corrected chi connectivity index (χ1v) is 6.03. The number of nitrogens with two attached hydrogens (primary N) is 1. The van der Waals surface area contributed by atoms with E-state index in [4.69, 9.17) is 10.8 Å². The van der Waals surface area contributed by atoms with Crippen LogP contribution >= 0.6 is 0 Å². The maximum absolute atomic E-state index is 8.77. The topological polar surface area (TPSA) is 59.1 Å². The fourth-order valence-electron chi connectivity index (χ4n) is 2.07. The molecule has 0 saturated heterocycles. The van der Waals surface area contributed by atoms with E-state index < -0.39 is 0 Å². The highest BCUT2D eigenvalue weighted by Gasteiger charge is 2.09. The van der Waals surface area contributed by atoms with E-state index in [1.54, 1.807) is 0 Å². The SMILES string of the molecule is N[C@@H](CCCCO)c1ccnc2ccccc12. The molecule has 1 heterocycles. The van der Waals surface area contributed by atoms with Crippen LogP contribution in [0.2, 0.25) is 0 Å². The highest BCUT2D eigenvalue weighted by molar-refractivity contribution is 5.82. The van der Waals surface area contributed by atoms with E-state index in [-0.39, 0.29) is 12.6 Å². The van der Waals surface area contributed by atoms with Crippen molar-refractivity contribution >= 4 is 10.9 Å². The van der Waals surface area contributed by atoms with Gasteiger partial charge in [-0.25, -0.2) is 0 Å². The standard InChI is InChI=1S/C14H18N2O/c15-13(6-3-4-10-17)11-8-9-16-14-7-2-1-5-12(11)14/h1-2,5,7-9,13,17H,3-4,6,10,15H2/t13-/m0/s1. The Kier molecular flexibility index (Phi) is 4.07. The van der Waals surface area contributed by atoms with Gasteiger partial charge in [0, 0.05) is 24.2 Å². The molecule has 1 atom stereocenters. The molecule has 0 bridgehead atoms. The van der Waals surface area contributed by atoms with E-state index in [1.165, 1.54) is 0 Å². The molecule has 3 nitrogen and oxygen atoms in total. The molecule has 3 heteroatoms. The Morgan fingerprint density at radius 1 is 1.18 bits per heavy atom. The zero-order chi connectivity index (χ0) is 12.1. The third-order valence-electron chi connectivity index (χ3n) is 3.01. The first kappa shape index (κ1) is 12.0. The number of rotatable bonds is 5. The largest absolute Gasteiger partial charge is 0.396 e. The summed E-state index contributed by atoms with van der Waals surface area (Å²) in [7, 11) is 0. The molecule has 0 amide bonds. The molecule has 0 aliphatic carbocycles. The molecule has 0 aliphatic heterocycles. The summed E-state index contributed by atoms with van der Waals surface area (Å²) in [6.45, 7) is 0.240. The Balaban J connectivity index is 2.22. The molecular formula is C14H18N2O. The van der Waals surface area contributed by atoms with Crippen LogP contribution in [-0.2, 0) is 0 Å². The second kappa shape index (κ2) is 5.75. The van der Waals surface area contributed by atoms with Gasteiger partial charge in [-0.15, -0.1) is 0 Å². The van der Waals surface area contributed by atoms with E-state index in [0.29, 0.717) is 0 Å². The second-order valence-corrected chi connectivity index (χ2v) is 4.24. The third kappa shape index (κ3) is 2.81. The average molecular weight is 230 g/mol. The van der Waals surface area contributed by atoms with Crippen molar-refractivity contribution < 1.29 is 5.11 Å². The number of unbranched alkanes of at least 4 members (excludes halogenated alkanes) is 1. The molecule has 0 aliphatic rings. The molecule has 1 aromatic heterocycles. The number of pyridine rings is 1. The van der Waals surface area contributed by atoms with Gasteiger partial charge in [-0.05, 0) is 37.0 Å². The molecule has 0 saturated carbocycles. The van der Waals surface area contributed by atoms with Gasteiger partial charge in [0.1, 0.15) is 0 Å². The summed E-state index contributed by atoms with van der Waals surface area (Å²) in [5.41, 5.74) is 8.33. The molecule has 2 rings (SSSR count). The lowest BCUT2D eigenvalue weighted by Crippen LogP contribution is -2.11. The molecule has 17 heavy (non-hydrogen) atoms. The monoisotopic (exact) mass is 230 g/mol. The molecule has 0 unspecified atom stereocenters. The molecule has 3 N–H and O–H groups in total. The zero-order valence-electron chi connectivity index (χ0n) is 9.84. The number of hydrogen-bond donors (Lipinski definition) is 2. The third-order valence-corrected chi connectivity index (χ3v) is 3.01. The van der Waals surface area contributed by atoms with Crippen LogP contribution in [0.25, 0.3) is 10.9 Å². The van der Waals surface area contributed by atoms with Crippen molar-refractivity contribution in [2.75, 3.05) is 6.61 Å². The summed E-state index contributed by atoms with van der Waals surface area (Å²) in [6.07, 6.45) is 4.48. The van der Waals surface area contributed by atoms with E-state index >= 15 is 0 Å². The fraction of sp³-hybridized carbons (Fsp3) is 0.357. The molecule has 0 radical (unpaired) electrons. The van der Waals surface area contributed by atoms with Crippen LogP contribution in [0.15, 0.2) is 36.5 Å². The van der Waals surface area contributed by atoms with Crippen molar-refractivity contribution in [1.82, 2.24) is 4.98 Å². The zero-order valence-corrected chi connectivity index (χ0v) is 9.84. The van der Waals surface area contributed by atoms with Gasteiger partial charge in [0.25, 0.3) is 0 Å². The van der Waals surface area contributed by atoms with Crippen LogP contribution in [0.3, 0.4) is 0 Å². The fourth-order valence-corrected chi connectivity index (χ4v) is 2.07. The molecule has 1 aromatic carbocycles. The minimum Gasteiger partial charge on any atom is -0.396 e. The van der Waals surface area contributed by atoms with Crippen LogP contribution in [0, 0.1) is 0 Å². The number of para-hydroxylation sites is 1. The lowest BCUT2D eigenvalue weighted by Gasteiger charge is -2.13. The van der Waals surface area contributed by atoms with E-state index in [0.717, 1.165) is 35.7 Å². The van der Waals surface area contributed by atoms with Gasteiger partial charge in [0.15, 0.2) is 0 Å². The minimum absolute atomic E-state index is 0.0226. The van der Waals surface area contributed by atoms with Crippen molar-refractivity contribution in [3.05, 3.63) is 42.1 Å². The number of aromatic nitrogens is 1. The van der Waals surface area contributed by atoms with Crippen molar-refractivity contribution in [3.63, 3.8) is 0 Å². The number of aliphatic hydroxyl groups is 1. The highest BCUT2D eigenvalue weighted by Crippen LogP contribution is 2.24. The molecule has 0 fully saturated rings. The average Bonchev–Trinajstić information content (AvgIpc) is 2.38. The maximum atomic E-state index is 8.77. The summed E-state index contributed by atoms with van der Waals surface area (Å²) < 4.78 is 0. The predicted octanol–water partition coefficient (Wildman–Crippen LogP) is 2.40. The van der Waals surface area contributed by atoms with E-state index in [2.05, 4.69) is 11.1 Å². The number of fused-ring (bicyclic) bond motifs is 1. The first-order chi connectivity index (χ1) is 8.33. The van der Waals surface area contributed by atoms with Gasteiger partial charge < -0.3 is 10.8 Å². The maximum Gasteiger partial charge on any atom is 0.0705 e. The van der Waals surface area contributed by atoms with Gasteiger partial charge >= 0.3 is 0 Å². The Morgan fingerprint density at radius 2 is 2.00 bits per heavy atom. The molecule has 90 valence electrons. The van der Waals surface area contributed by atoms with Crippen molar-refractivity contribution in [3.8, 4) is 0 Å². The van der Waals surface area contributed by atoms with E-state index in [9.17, 15) is 0 Å². The van der Waals surface area contributed by atoms with Gasteiger partial charge in [0.2, 0.25) is 0 Å². The van der Waals surface area contributed by atoms with Crippen molar-refractivity contribution in [1.29, 1.82) is 0 Å². The predicted molar refractivity (Wildman–Crippen MR) is 69.6 cm³/mol. The van der Waals surface area contributed by atoms with Crippen LogP contribution in [0.1, 0.15) is 30.9 Å². The summed E-state index contributed by atoms with van der Waals surface area (Å²) in [5.74, 6) is 0. The Hall–Kier alpha value is -1.45. The second-order valence-electron chi connectivity index (χ2n) is 4.24. The Labute approximate surface area is 101 Å². The summed E-state index contributed by atoms with van der Waals surface area (Å²) in [4.78, 5) is 4.33. The highest BCUT2D eigenvalue weighted by atomic mass is 16.2. The normalized spacial score (nSPS) is 12.8. The Bertz CT molecular complexity index is 479. The summed E-state index contributed by atoms with van der Waals surface area (Å²) in [6, 6.07) is 10.1. The van der Waals surface area contributed by atoms with Crippen molar-refractivity contribution in [2.45, 2.75) is 25.3 Å². The van der Waals surface area contributed by atoms with Gasteiger partial charge in [-0.3, -0.25) is 4.98 Å². The van der Waals surface area contributed by atoms with Crippen LogP contribution in [-0.4, -0.2) is 16.7 Å². The van der Waals surface area contributed by atoms with Crippen molar-refractivity contribution in [2.24, 2.45) is 5.73 Å². The minimum atomic E-state index is 0.0226. The van der Waals surface area contributed by atoms with Gasteiger partial charge in [-0.1, -0.05) is 18.2 Å². The quantitative estimate of drug-likeness (QED) is 0.775. The molecule has 0 spiro atoms. The summed E-state index contributed by atoms with van der Waals surface area (Å²) >= 11 is 0. The van der Waals surface area contributed by atoms with Crippen LogP contribution in [0.5, 0.6) is 0 Å².